The van der Waals surface area contributed by atoms with Crippen LogP contribution in [-0.2, 0) is 14.4 Å². The second kappa shape index (κ2) is 4.53. The van der Waals surface area contributed by atoms with E-state index in [2.05, 4.69) is 0 Å². The number of hydrogen-bond donors (Lipinski definition) is 5. The normalized spacial score (nSPS) is 14.1. The molecule has 0 aromatic rings. The summed E-state index contributed by atoms with van der Waals surface area (Å²) in [5, 5.41) is 16.9. The van der Waals surface area contributed by atoms with Gasteiger partial charge in [0.2, 0.25) is 0 Å². The van der Waals surface area contributed by atoms with E-state index in [4.69, 9.17) is 21.8 Å². The molecule has 0 rings (SSSR count). The number of carboxylic acids is 2. The summed E-state index contributed by atoms with van der Waals surface area (Å²) in [5.74, 6) is 0.711. The molecule has 1 atom stereocenters. The largest absolute Gasteiger partial charge is 0.481 e. The first-order chi connectivity index (χ1) is 6.34. The third kappa shape index (κ3) is 2.68. The molecule has 14 heavy (non-hydrogen) atoms. The fourth-order valence-electron chi connectivity index (χ4n) is 0.750. The van der Waals surface area contributed by atoms with E-state index in [1.54, 1.807) is 5.43 Å². The van der Waals surface area contributed by atoms with Crippen LogP contribution in [0.25, 0.3) is 0 Å². The molecule has 0 radical (unpaired) electrons. The minimum atomic E-state index is -2.30. The Morgan fingerprint density at radius 1 is 1.29 bits per heavy atom. The topological polar surface area (TPSA) is 156 Å². The Kier molecular flexibility index (Phi) is 3.99. The third-order valence-electron chi connectivity index (χ3n) is 1.65. The van der Waals surface area contributed by atoms with Crippen molar-refractivity contribution >= 4 is 17.8 Å². The predicted molar refractivity (Wildman–Crippen MR) is 43.8 cm³/mol. The number of nitrogens with two attached hydrogens (primary N) is 2. The molecule has 1 unspecified atom stereocenters. The molecule has 0 aromatic heterocycles. The predicted octanol–water partition coefficient (Wildman–Crippen LogP) is -2.38. The van der Waals surface area contributed by atoms with Gasteiger partial charge in [-0.05, 0) is 6.42 Å². The van der Waals surface area contributed by atoms with Gasteiger partial charge in [-0.15, -0.1) is 0 Å². The lowest BCUT2D eigenvalue weighted by Gasteiger charge is -2.21. The van der Waals surface area contributed by atoms with Gasteiger partial charge in [0, 0.05) is 6.42 Å². The lowest BCUT2D eigenvalue weighted by molar-refractivity contribution is -0.150. The van der Waals surface area contributed by atoms with E-state index in [0.717, 1.165) is 0 Å². The van der Waals surface area contributed by atoms with Crippen molar-refractivity contribution in [3.05, 3.63) is 0 Å². The van der Waals surface area contributed by atoms with Crippen LogP contribution in [0.15, 0.2) is 0 Å². The van der Waals surface area contributed by atoms with Crippen molar-refractivity contribution in [2.24, 2.45) is 11.6 Å². The zero-order chi connectivity index (χ0) is 11.4. The minimum absolute atomic E-state index is 0.527. The Labute approximate surface area is 78.8 Å². The Hall–Kier alpha value is -1.67. The molecule has 7 N–H and O–H groups in total. The Bertz CT molecular complexity index is 266. The Morgan fingerprint density at radius 3 is 2.07 bits per heavy atom. The van der Waals surface area contributed by atoms with Gasteiger partial charge in [0.05, 0.1) is 0 Å². The van der Waals surface area contributed by atoms with Crippen LogP contribution in [-0.4, -0.2) is 33.6 Å². The molecular formula is C6H11N3O5. The zero-order valence-electron chi connectivity index (χ0n) is 7.19. The van der Waals surface area contributed by atoms with Crippen LogP contribution in [0.2, 0.25) is 0 Å². The quantitative estimate of drug-likeness (QED) is 0.145. The molecular weight excluding hydrogens is 194 g/mol. The van der Waals surface area contributed by atoms with Crippen molar-refractivity contribution in [3.63, 3.8) is 0 Å². The highest BCUT2D eigenvalue weighted by atomic mass is 16.4. The van der Waals surface area contributed by atoms with Crippen LogP contribution >= 0.6 is 0 Å². The molecule has 0 fully saturated rings. The van der Waals surface area contributed by atoms with Crippen molar-refractivity contribution in [1.82, 2.24) is 5.43 Å². The van der Waals surface area contributed by atoms with E-state index < -0.39 is 36.2 Å². The van der Waals surface area contributed by atoms with Crippen molar-refractivity contribution in [1.29, 1.82) is 0 Å². The summed E-state index contributed by atoms with van der Waals surface area (Å²) in [6.07, 6.45) is -1.06. The van der Waals surface area contributed by atoms with Gasteiger partial charge in [0.25, 0.3) is 5.91 Å². The molecule has 0 spiro atoms. The molecule has 0 saturated heterocycles. The number of carbonyl (C=O) groups excluding carboxylic acids is 1. The Morgan fingerprint density at radius 2 is 1.79 bits per heavy atom. The van der Waals surface area contributed by atoms with E-state index in [1.807, 2.05) is 0 Å². The minimum Gasteiger partial charge on any atom is -0.481 e. The standard InChI is InChI=1S/C6H11N3O5/c7-6(5(13)14,4(12)9-8)2-1-3(10)11/h1-2,7-8H2,(H,9,12)(H,10,11)(H,13,14). The monoisotopic (exact) mass is 205 g/mol. The van der Waals surface area contributed by atoms with E-state index >= 15 is 0 Å². The number of hydrogen-bond acceptors (Lipinski definition) is 5. The molecule has 0 heterocycles. The highest BCUT2D eigenvalue weighted by molar-refractivity contribution is 6.06. The lowest BCUT2D eigenvalue weighted by Crippen LogP contribution is -2.61. The number of aliphatic carboxylic acids is 2. The first-order valence-corrected chi connectivity index (χ1v) is 3.59. The maximum absolute atomic E-state index is 11.0. The molecule has 0 aromatic carbocycles. The fraction of sp³-hybridized carbons (Fsp3) is 0.500. The van der Waals surface area contributed by atoms with Gasteiger partial charge in [-0.1, -0.05) is 0 Å². The molecule has 80 valence electrons. The van der Waals surface area contributed by atoms with Crippen molar-refractivity contribution in [2.75, 3.05) is 0 Å². The number of amides is 1. The fourth-order valence-corrected chi connectivity index (χ4v) is 0.750. The van der Waals surface area contributed by atoms with E-state index in [-0.39, 0.29) is 0 Å². The first-order valence-electron chi connectivity index (χ1n) is 3.59. The Balaban J connectivity index is 4.64. The van der Waals surface area contributed by atoms with Gasteiger partial charge in [0.1, 0.15) is 0 Å². The second-order valence-electron chi connectivity index (χ2n) is 2.64. The van der Waals surface area contributed by atoms with Crippen LogP contribution in [0.3, 0.4) is 0 Å². The van der Waals surface area contributed by atoms with Crippen LogP contribution in [0.1, 0.15) is 12.8 Å². The van der Waals surface area contributed by atoms with E-state index in [0.29, 0.717) is 0 Å². The van der Waals surface area contributed by atoms with Crippen molar-refractivity contribution in [2.45, 2.75) is 18.4 Å². The highest BCUT2D eigenvalue weighted by Gasteiger charge is 2.42. The summed E-state index contributed by atoms with van der Waals surface area (Å²) in [4.78, 5) is 31.7. The molecule has 1 amide bonds. The summed E-state index contributed by atoms with van der Waals surface area (Å²) >= 11 is 0. The molecule has 8 heteroatoms. The van der Waals surface area contributed by atoms with Crippen LogP contribution < -0.4 is 17.0 Å². The highest BCUT2D eigenvalue weighted by Crippen LogP contribution is 2.10. The second-order valence-corrected chi connectivity index (χ2v) is 2.64. The SMILES string of the molecule is NNC(=O)C(N)(CCC(=O)O)C(=O)O. The number of hydrazine groups is 1. The van der Waals surface area contributed by atoms with Gasteiger partial charge < -0.3 is 15.9 Å². The summed E-state index contributed by atoms with van der Waals surface area (Å²) in [5.41, 5.74) is 4.46. The molecule has 0 aliphatic carbocycles. The van der Waals surface area contributed by atoms with Gasteiger partial charge in [-0.25, -0.2) is 10.6 Å². The summed E-state index contributed by atoms with van der Waals surface area (Å²) in [6, 6.07) is 0. The average Bonchev–Trinajstić information content (AvgIpc) is 2.12. The maximum atomic E-state index is 11.0. The number of carboxylic acid groups (broad SMARTS) is 2. The first kappa shape index (κ1) is 12.3. The maximum Gasteiger partial charge on any atom is 0.333 e. The van der Waals surface area contributed by atoms with Crippen molar-refractivity contribution < 1.29 is 24.6 Å². The lowest BCUT2D eigenvalue weighted by atomic mass is 9.94. The number of rotatable bonds is 5. The average molecular weight is 205 g/mol. The van der Waals surface area contributed by atoms with E-state index in [1.165, 1.54) is 0 Å². The molecule has 8 nitrogen and oxygen atoms in total. The van der Waals surface area contributed by atoms with Gasteiger partial charge in [-0.2, -0.15) is 0 Å². The number of carbonyl (C=O) groups is 3. The zero-order valence-corrected chi connectivity index (χ0v) is 7.19. The molecule has 0 aliphatic heterocycles. The summed E-state index contributed by atoms with van der Waals surface area (Å²) in [6.45, 7) is 0. The summed E-state index contributed by atoms with van der Waals surface area (Å²) in [7, 11) is 0. The smallest absolute Gasteiger partial charge is 0.333 e. The number of nitrogens with one attached hydrogen (secondary N) is 1. The van der Waals surface area contributed by atoms with Gasteiger partial charge >= 0.3 is 11.9 Å². The van der Waals surface area contributed by atoms with Gasteiger partial charge in [0.15, 0.2) is 5.54 Å². The van der Waals surface area contributed by atoms with E-state index in [9.17, 15) is 14.4 Å². The third-order valence-corrected chi connectivity index (χ3v) is 1.65. The summed E-state index contributed by atoms with van der Waals surface area (Å²) < 4.78 is 0. The van der Waals surface area contributed by atoms with Crippen LogP contribution in [0.4, 0.5) is 0 Å². The molecule has 0 aliphatic rings. The van der Waals surface area contributed by atoms with Crippen molar-refractivity contribution in [3.8, 4) is 0 Å². The molecule has 0 saturated carbocycles. The van der Waals surface area contributed by atoms with Gasteiger partial charge in [-0.3, -0.25) is 15.0 Å². The van der Waals surface area contributed by atoms with Crippen LogP contribution in [0.5, 0.6) is 0 Å². The van der Waals surface area contributed by atoms with Crippen LogP contribution in [0, 0.1) is 0 Å². The molecule has 0 bridgehead atoms.